The molecule has 20 heavy (non-hydrogen) atoms. The number of rotatable bonds is 6. The van der Waals surface area contributed by atoms with Crippen molar-refractivity contribution >= 4 is 6.09 Å². The van der Waals surface area contributed by atoms with Crippen molar-refractivity contribution in [2.75, 3.05) is 26.3 Å². The highest BCUT2D eigenvalue weighted by atomic mass is 16.7. The highest BCUT2D eigenvalue weighted by Crippen LogP contribution is 2.14. The van der Waals surface area contributed by atoms with Gasteiger partial charge in [0.2, 0.25) is 0 Å². The van der Waals surface area contributed by atoms with Gasteiger partial charge in [-0.25, -0.2) is 4.79 Å². The first-order valence-corrected chi connectivity index (χ1v) is 7.63. The molecule has 0 aromatic carbocycles. The van der Waals surface area contributed by atoms with Crippen molar-refractivity contribution in [3.63, 3.8) is 0 Å². The Labute approximate surface area is 122 Å². The van der Waals surface area contributed by atoms with E-state index in [-0.39, 0.29) is 12.4 Å². The Kier molecular flexibility index (Phi) is 7.30. The third-order valence-electron chi connectivity index (χ3n) is 3.05. The summed E-state index contributed by atoms with van der Waals surface area (Å²) in [4.78, 5) is 13.6. The molecule has 0 aromatic heterocycles. The molecule has 0 N–H and O–H groups in total. The van der Waals surface area contributed by atoms with Crippen LogP contribution in [0.5, 0.6) is 0 Å². The third kappa shape index (κ3) is 7.10. The second-order valence-electron chi connectivity index (χ2n) is 6.08. The molecular weight excluding hydrogens is 258 g/mol. The summed E-state index contributed by atoms with van der Waals surface area (Å²) in [6.45, 7) is 10.3. The van der Waals surface area contributed by atoms with Gasteiger partial charge in [-0.15, -0.1) is 0 Å². The summed E-state index contributed by atoms with van der Waals surface area (Å²) in [5.74, 6) is 0. The first-order chi connectivity index (χ1) is 9.42. The number of hydrogen-bond donors (Lipinski definition) is 0. The van der Waals surface area contributed by atoms with Crippen LogP contribution in [0.4, 0.5) is 4.79 Å². The van der Waals surface area contributed by atoms with E-state index in [4.69, 9.17) is 14.2 Å². The van der Waals surface area contributed by atoms with Crippen molar-refractivity contribution in [1.82, 2.24) is 4.90 Å². The molecule has 1 rings (SSSR count). The lowest BCUT2D eigenvalue weighted by Crippen LogP contribution is -2.37. The predicted octanol–water partition coefficient (Wildman–Crippen LogP) is 3.18. The molecule has 5 heteroatoms. The molecule has 1 atom stereocenters. The standard InChI is InChI=1S/C15H29NO4/c1-5-16(14(17)20-15(2,3)4)10-8-12-19-13-9-6-7-11-18-13/h13H,5-12H2,1-4H3. The fourth-order valence-electron chi connectivity index (χ4n) is 2.02. The molecule has 0 bridgehead atoms. The first kappa shape index (κ1) is 17.2. The third-order valence-corrected chi connectivity index (χ3v) is 3.05. The first-order valence-electron chi connectivity index (χ1n) is 7.63. The van der Waals surface area contributed by atoms with Crippen LogP contribution in [0.1, 0.15) is 53.4 Å². The quantitative estimate of drug-likeness (QED) is 0.704. The van der Waals surface area contributed by atoms with Crippen molar-refractivity contribution in [3.8, 4) is 0 Å². The van der Waals surface area contributed by atoms with Gasteiger partial charge in [-0.3, -0.25) is 0 Å². The van der Waals surface area contributed by atoms with Gasteiger partial charge in [-0.1, -0.05) is 0 Å². The summed E-state index contributed by atoms with van der Waals surface area (Å²) in [6, 6.07) is 0. The summed E-state index contributed by atoms with van der Waals surface area (Å²) >= 11 is 0. The minimum absolute atomic E-state index is 0.0552. The van der Waals surface area contributed by atoms with Crippen LogP contribution in [-0.2, 0) is 14.2 Å². The zero-order valence-corrected chi connectivity index (χ0v) is 13.3. The van der Waals surface area contributed by atoms with Crippen LogP contribution in [0.15, 0.2) is 0 Å². The Balaban J connectivity index is 2.18. The van der Waals surface area contributed by atoms with Gasteiger partial charge in [0.1, 0.15) is 5.60 Å². The minimum Gasteiger partial charge on any atom is -0.444 e. The fourth-order valence-corrected chi connectivity index (χ4v) is 2.02. The Morgan fingerprint density at radius 3 is 2.65 bits per heavy atom. The zero-order chi connectivity index (χ0) is 15.0. The number of carbonyl (C=O) groups is 1. The van der Waals surface area contributed by atoms with Gasteiger partial charge in [0.25, 0.3) is 0 Å². The van der Waals surface area contributed by atoms with E-state index in [1.54, 1.807) is 4.90 Å². The number of carbonyl (C=O) groups excluding carboxylic acids is 1. The van der Waals surface area contributed by atoms with Crippen molar-refractivity contribution in [1.29, 1.82) is 0 Å². The minimum atomic E-state index is -0.447. The van der Waals surface area contributed by atoms with Crippen LogP contribution in [0.25, 0.3) is 0 Å². The molecule has 5 nitrogen and oxygen atoms in total. The molecule has 1 heterocycles. The SMILES string of the molecule is CCN(CCCOC1CCCCO1)C(=O)OC(C)(C)C. The van der Waals surface area contributed by atoms with Gasteiger partial charge in [-0.2, -0.15) is 0 Å². The number of amides is 1. The lowest BCUT2D eigenvalue weighted by molar-refractivity contribution is -0.163. The van der Waals surface area contributed by atoms with E-state index in [2.05, 4.69) is 0 Å². The van der Waals surface area contributed by atoms with Crippen molar-refractivity contribution in [2.24, 2.45) is 0 Å². The lowest BCUT2D eigenvalue weighted by atomic mass is 10.2. The maximum atomic E-state index is 11.9. The van der Waals surface area contributed by atoms with Crippen LogP contribution < -0.4 is 0 Å². The molecular formula is C15H29NO4. The summed E-state index contributed by atoms with van der Waals surface area (Å²) in [6.07, 6.45) is 3.76. The largest absolute Gasteiger partial charge is 0.444 e. The molecule has 1 saturated heterocycles. The maximum Gasteiger partial charge on any atom is 0.410 e. The van der Waals surface area contributed by atoms with Crippen molar-refractivity contribution < 1.29 is 19.0 Å². The van der Waals surface area contributed by atoms with E-state index in [9.17, 15) is 4.79 Å². The van der Waals surface area contributed by atoms with E-state index in [1.807, 2.05) is 27.7 Å². The van der Waals surface area contributed by atoms with Crippen LogP contribution in [0.3, 0.4) is 0 Å². The molecule has 1 fully saturated rings. The van der Waals surface area contributed by atoms with Crippen molar-refractivity contribution in [2.45, 2.75) is 65.3 Å². The Hall–Kier alpha value is -0.810. The smallest absolute Gasteiger partial charge is 0.410 e. The second kappa shape index (κ2) is 8.47. The molecule has 1 amide bonds. The summed E-state index contributed by atoms with van der Waals surface area (Å²) in [7, 11) is 0. The Morgan fingerprint density at radius 1 is 1.35 bits per heavy atom. The van der Waals surface area contributed by atoms with Crippen LogP contribution in [0, 0.1) is 0 Å². The van der Waals surface area contributed by atoms with Crippen LogP contribution in [-0.4, -0.2) is 49.2 Å². The number of ether oxygens (including phenoxy) is 3. The molecule has 0 saturated carbocycles. The molecule has 0 spiro atoms. The lowest BCUT2D eigenvalue weighted by Gasteiger charge is -2.27. The highest BCUT2D eigenvalue weighted by molar-refractivity contribution is 5.68. The van der Waals surface area contributed by atoms with Crippen molar-refractivity contribution in [3.05, 3.63) is 0 Å². The average molecular weight is 287 g/mol. The number of hydrogen-bond acceptors (Lipinski definition) is 4. The normalized spacial score (nSPS) is 19.7. The maximum absolute atomic E-state index is 11.9. The van der Waals surface area contributed by atoms with Gasteiger partial charge in [0, 0.05) is 19.7 Å². The molecule has 0 aromatic rings. The predicted molar refractivity (Wildman–Crippen MR) is 77.6 cm³/mol. The van der Waals surface area contributed by atoms with E-state index in [1.165, 1.54) is 6.42 Å². The van der Waals surface area contributed by atoms with E-state index >= 15 is 0 Å². The molecule has 1 aliphatic rings. The molecule has 1 aliphatic heterocycles. The average Bonchev–Trinajstić information content (AvgIpc) is 2.38. The molecule has 1 unspecified atom stereocenters. The van der Waals surface area contributed by atoms with E-state index < -0.39 is 5.60 Å². The van der Waals surface area contributed by atoms with Crippen LogP contribution >= 0.6 is 0 Å². The summed E-state index contributed by atoms with van der Waals surface area (Å²) in [5.41, 5.74) is -0.447. The van der Waals surface area contributed by atoms with Gasteiger partial charge in [0.15, 0.2) is 6.29 Å². The molecule has 0 radical (unpaired) electrons. The highest BCUT2D eigenvalue weighted by Gasteiger charge is 2.21. The van der Waals surface area contributed by atoms with E-state index in [0.717, 1.165) is 25.9 Å². The summed E-state index contributed by atoms with van der Waals surface area (Å²) in [5, 5.41) is 0. The molecule has 0 aliphatic carbocycles. The number of nitrogens with zero attached hydrogens (tertiary/aromatic N) is 1. The topological polar surface area (TPSA) is 48.0 Å². The summed E-state index contributed by atoms with van der Waals surface area (Å²) < 4.78 is 16.5. The second-order valence-corrected chi connectivity index (χ2v) is 6.08. The molecule has 118 valence electrons. The van der Waals surface area contributed by atoms with E-state index in [0.29, 0.717) is 19.7 Å². The van der Waals surface area contributed by atoms with Gasteiger partial charge in [0.05, 0.1) is 6.61 Å². The monoisotopic (exact) mass is 287 g/mol. The Morgan fingerprint density at radius 2 is 2.10 bits per heavy atom. The Bertz CT molecular complexity index is 282. The van der Waals surface area contributed by atoms with Gasteiger partial charge >= 0.3 is 6.09 Å². The van der Waals surface area contributed by atoms with Gasteiger partial charge < -0.3 is 19.1 Å². The zero-order valence-electron chi connectivity index (χ0n) is 13.3. The van der Waals surface area contributed by atoms with Gasteiger partial charge in [-0.05, 0) is 53.4 Å². The van der Waals surface area contributed by atoms with Crippen LogP contribution in [0.2, 0.25) is 0 Å². The fraction of sp³-hybridized carbons (Fsp3) is 0.933.